The van der Waals surface area contributed by atoms with Gasteiger partial charge in [-0.2, -0.15) is 0 Å². The van der Waals surface area contributed by atoms with Crippen molar-refractivity contribution in [1.82, 2.24) is 10.2 Å². The van der Waals surface area contributed by atoms with Gasteiger partial charge >= 0.3 is 0 Å². The highest BCUT2D eigenvalue weighted by Crippen LogP contribution is 2.31. The largest absolute Gasteiger partial charge is 0.326 e. The molecule has 1 aliphatic heterocycles. The minimum absolute atomic E-state index is 0.0857. The highest BCUT2D eigenvalue weighted by atomic mass is 16.2. The van der Waals surface area contributed by atoms with Crippen molar-refractivity contribution in [1.29, 1.82) is 0 Å². The molecule has 2 rings (SSSR count). The summed E-state index contributed by atoms with van der Waals surface area (Å²) in [6.45, 7) is 7.77. The van der Waals surface area contributed by atoms with Gasteiger partial charge in [-0.15, -0.1) is 0 Å². The molecule has 21 heavy (non-hydrogen) atoms. The third kappa shape index (κ3) is 4.45. The molecule has 1 N–H and O–H groups in total. The molecule has 0 aromatic heterocycles. The molecule has 1 heterocycles. The molecule has 1 saturated carbocycles. The standard InChI is InChI=1S/C18H34N2O/c1-4-6-11-16-18(21)20(17(19-16)8-5-2)13-15-10-7-9-14(3)12-15/h14-17,19H,4-13H2,1-3H3. The van der Waals surface area contributed by atoms with Crippen LogP contribution in [0.25, 0.3) is 0 Å². The zero-order valence-electron chi connectivity index (χ0n) is 14.2. The number of rotatable bonds is 7. The second kappa shape index (κ2) is 8.17. The van der Waals surface area contributed by atoms with Crippen LogP contribution in [-0.4, -0.2) is 29.6 Å². The minimum Gasteiger partial charge on any atom is -0.326 e. The number of hydrogen-bond acceptors (Lipinski definition) is 2. The van der Waals surface area contributed by atoms with Gasteiger partial charge in [-0.05, 0) is 37.5 Å². The molecule has 1 saturated heterocycles. The summed E-state index contributed by atoms with van der Waals surface area (Å²) in [5, 5.41) is 3.60. The number of nitrogens with one attached hydrogen (secondary N) is 1. The van der Waals surface area contributed by atoms with E-state index >= 15 is 0 Å². The van der Waals surface area contributed by atoms with Crippen LogP contribution in [0, 0.1) is 11.8 Å². The molecule has 2 fully saturated rings. The van der Waals surface area contributed by atoms with Gasteiger partial charge in [-0.1, -0.05) is 52.9 Å². The average Bonchev–Trinajstić information content (AvgIpc) is 2.74. The maximum Gasteiger partial charge on any atom is 0.241 e. The molecule has 0 radical (unpaired) electrons. The van der Waals surface area contributed by atoms with Gasteiger partial charge in [0, 0.05) is 6.54 Å². The molecule has 0 bridgehead atoms. The van der Waals surface area contributed by atoms with E-state index in [9.17, 15) is 4.79 Å². The van der Waals surface area contributed by atoms with Crippen molar-refractivity contribution in [2.24, 2.45) is 11.8 Å². The van der Waals surface area contributed by atoms with Gasteiger partial charge in [0.1, 0.15) is 0 Å². The number of unbranched alkanes of at least 4 members (excludes halogenated alkanes) is 1. The lowest BCUT2D eigenvalue weighted by Crippen LogP contribution is -2.41. The van der Waals surface area contributed by atoms with Crippen LogP contribution in [0.4, 0.5) is 0 Å². The van der Waals surface area contributed by atoms with E-state index in [1.54, 1.807) is 0 Å². The van der Waals surface area contributed by atoms with E-state index in [2.05, 4.69) is 31.0 Å². The normalized spacial score (nSPS) is 33.7. The fourth-order valence-corrected chi connectivity index (χ4v) is 4.10. The van der Waals surface area contributed by atoms with Crippen LogP contribution >= 0.6 is 0 Å². The minimum atomic E-state index is 0.0857. The Morgan fingerprint density at radius 2 is 2.00 bits per heavy atom. The van der Waals surface area contributed by atoms with Crippen molar-refractivity contribution in [3.63, 3.8) is 0 Å². The van der Waals surface area contributed by atoms with Crippen molar-refractivity contribution < 1.29 is 4.79 Å². The Hall–Kier alpha value is -0.570. The summed E-state index contributed by atoms with van der Waals surface area (Å²) < 4.78 is 0. The van der Waals surface area contributed by atoms with Gasteiger partial charge in [-0.3, -0.25) is 10.1 Å². The highest BCUT2D eigenvalue weighted by Gasteiger charge is 2.38. The summed E-state index contributed by atoms with van der Waals surface area (Å²) in [6.07, 6.45) is 11.2. The Kier molecular flexibility index (Phi) is 6.53. The fourth-order valence-electron chi connectivity index (χ4n) is 4.10. The quantitative estimate of drug-likeness (QED) is 0.771. The first-order valence-electron chi connectivity index (χ1n) is 9.22. The maximum atomic E-state index is 12.7. The van der Waals surface area contributed by atoms with Crippen LogP contribution in [0.5, 0.6) is 0 Å². The summed E-state index contributed by atoms with van der Waals surface area (Å²) in [4.78, 5) is 14.9. The average molecular weight is 294 g/mol. The van der Waals surface area contributed by atoms with E-state index < -0.39 is 0 Å². The van der Waals surface area contributed by atoms with Crippen molar-refractivity contribution in [3.8, 4) is 0 Å². The molecular weight excluding hydrogens is 260 g/mol. The molecule has 4 atom stereocenters. The molecular formula is C18H34N2O. The van der Waals surface area contributed by atoms with Crippen molar-refractivity contribution in [3.05, 3.63) is 0 Å². The summed E-state index contributed by atoms with van der Waals surface area (Å²) in [5.41, 5.74) is 0. The zero-order chi connectivity index (χ0) is 15.2. The van der Waals surface area contributed by atoms with Gasteiger partial charge in [0.25, 0.3) is 0 Å². The predicted molar refractivity (Wildman–Crippen MR) is 88.0 cm³/mol. The first-order chi connectivity index (χ1) is 10.2. The third-order valence-electron chi connectivity index (χ3n) is 5.26. The van der Waals surface area contributed by atoms with Crippen LogP contribution < -0.4 is 5.32 Å². The van der Waals surface area contributed by atoms with E-state index in [0.29, 0.717) is 12.1 Å². The Labute approximate surface area is 130 Å². The van der Waals surface area contributed by atoms with Crippen LogP contribution in [0.3, 0.4) is 0 Å². The van der Waals surface area contributed by atoms with Gasteiger partial charge in [0.2, 0.25) is 5.91 Å². The molecule has 122 valence electrons. The van der Waals surface area contributed by atoms with Crippen molar-refractivity contribution in [2.75, 3.05) is 6.54 Å². The number of carbonyl (C=O) groups is 1. The molecule has 3 heteroatoms. The second-order valence-corrected chi connectivity index (χ2v) is 7.29. The first-order valence-corrected chi connectivity index (χ1v) is 9.22. The Morgan fingerprint density at radius 3 is 2.67 bits per heavy atom. The Morgan fingerprint density at radius 1 is 1.19 bits per heavy atom. The molecule has 2 aliphatic rings. The van der Waals surface area contributed by atoms with Crippen LogP contribution in [-0.2, 0) is 4.79 Å². The molecule has 0 aromatic rings. The molecule has 4 unspecified atom stereocenters. The molecule has 1 aliphatic carbocycles. The second-order valence-electron chi connectivity index (χ2n) is 7.29. The van der Waals surface area contributed by atoms with Gasteiger partial charge < -0.3 is 4.90 Å². The zero-order valence-corrected chi connectivity index (χ0v) is 14.2. The first kappa shape index (κ1) is 16.8. The van der Waals surface area contributed by atoms with E-state index in [1.165, 1.54) is 32.1 Å². The predicted octanol–water partition coefficient (Wildman–Crippen LogP) is 3.93. The maximum absolute atomic E-state index is 12.7. The monoisotopic (exact) mass is 294 g/mol. The lowest BCUT2D eigenvalue weighted by Gasteiger charge is -2.32. The van der Waals surface area contributed by atoms with E-state index in [4.69, 9.17) is 0 Å². The molecule has 3 nitrogen and oxygen atoms in total. The Bertz CT molecular complexity index is 331. The number of hydrogen-bond donors (Lipinski definition) is 1. The summed E-state index contributed by atoms with van der Waals surface area (Å²) in [5.74, 6) is 1.94. The van der Waals surface area contributed by atoms with Crippen LogP contribution in [0.15, 0.2) is 0 Å². The SMILES string of the molecule is CCCCC1NC(CCC)N(CC2CCCC(C)C2)C1=O. The molecule has 0 aromatic carbocycles. The highest BCUT2D eigenvalue weighted by molar-refractivity contribution is 5.84. The van der Waals surface area contributed by atoms with Gasteiger partial charge in [0.15, 0.2) is 0 Å². The van der Waals surface area contributed by atoms with Crippen molar-refractivity contribution >= 4 is 5.91 Å². The van der Waals surface area contributed by atoms with Crippen molar-refractivity contribution in [2.45, 2.75) is 90.8 Å². The topological polar surface area (TPSA) is 32.3 Å². The lowest BCUT2D eigenvalue weighted by molar-refractivity contribution is -0.131. The molecule has 1 amide bonds. The number of carbonyl (C=O) groups excluding carboxylic acids is 1. The number of nitrogens with zero attached hydrogens (tertiary/aromatic N) is 1. The molecule has 0 spiro atoms. The third-order valence-corrected chi connectivity index (χ3v) is 5.26. The van der Waals surface area contributed by atoms with Gasteiger partial charge in [-0.25, -0.2) is 0 Å². The number of amides is 1. The lowest BCUT2D eigenvalue weighted by atomic mass is 9.82. The van der Waals surface area contributed by atoms with Gasteiger partial charge in [0.05, 0.1) is 12.2 Å². The smallest absolute Gasteiger partial charge is 0.241 e. The van der Waals surface area contributed by atoms with Crippen LogP contribution in [0.1, 0.15) is 78.6 Å². The summed E-state index contributed by atoms with van der Waals surface area (Å²) in [7, 11) is 0. The Balaban J connectivity index is 1.94. The van der Waals surface area contributed by atoms with E-state index in [0.717, 1.165) is 44.1 Å². The summed E-state index contributed by atoms with van der Waals surface area (Å²) >= 11 is 0. The fraction of sp³-hybridized carbons (Fsp3) is 0.944. The van der Waals surface area contributed by atoms with Crippen LogP contribution in [0.2, 0.25) is 0 Å². The van der Waals surface area contributed by atoms with E-state index in [1.807, 2.05) is 0 Å². The summed E-state index contributed by atoms with van der Waals surface area (Å²) in [6, 6.07) is 0.0857. The van der Waals surface area contributed by atoms with E-state index in [-0.39, 0.29) is 6.04 Å².